The van der Waals surface area contributed by atoms with Crippen LogP contribution >= 0.6 is 0 Å². The second kappa shape index (κ2) is 7.64. The number of likely N-dealkylation sites (N-methyl/N-ethyl adjacent to an activating group) is 2. The quantitative estimate of drug-likeness (QED) is 0.858. The van der Waals surface area contributed by atoms with Gasteiger partial charge in [-0.2, -0.15) is 0 Å². The van der Waals surface area contributed by atoms with Gasteiger partial charge < -0.3 is 24.4 Å². The first-order valence-electron chi connectivity index (χ1n) is 7.47. The average molecular weight is 294 g/mol. The number of nitrogens with zero attached hydrogens (tertiary/aromatic N) is 2. The first kappa shape index (κ1) is 16.1. The molecule has 5 heteroatoms. The van der Waals surface area contributed by atoms with Crippen LogP contribution in [0.3, 0.4) is 0 Å². The van der Waals surface area contributed by atoms with Gasteiger partial charge in [0.2, 0.25) is 0 Å². The third-order valence-corrected chi connectivity index (χ3v) is 3.57. The number of rotatable bonds is 6. The summed E-state index contributed by atoms with van der Waals surface area (Å²) in [6.45, 7) is 3.85. The molecule has 0 bridgehead atoms. The van der Waals surface area contributed by atoms with E-state index in [0.29, 0.717) is 19.8 Å². The van der Waals surface area contributed by atoms with Crippen molar-refractivity contribution in [2.45, 2.75) is 12.5 Å². The van der Waals surface area contributed by atoms with Gasteiger partial charge in [-0.05, 0) is 38.8 Å². The first-order valence-corrected chi connectivity index (χ1v) is 7.47. The summed E-state index contributed by atoms with van der Waals surface area (Å²) < 4.78 is 11.3. The molecule has 0 saturated carbocycles. The maximum atomic E-state index is 10.4. The van der Waals surface area contributed by atoms with Crippen LogP contribution < -0.4 is 9.47 Å². The Morgan fingerprint density at radius 3 is 2.52 bits per heavy atom. The standard InChI is InChI=1S/C16H26N2O3/c1-17(2)7-8-18(3)12-14(19)13-5-6-15-16(11-13)21-10-4-9-20-15/h5-6,11,14,19H,4,7-10,12H2,1-3H3. The van der Waals surface area contributed by atoms with E-state index in [4.69, 9.17) is 9.47 Å². The second-order valence-corrected chi connectivity index (χ2v) is 5.84. The highest BCUT2D eigenvalue weighted by molar-refractivity contribution is 5.44. The fourth-order valence-corrected chi connectivity index (χ4v) is 2.25. The molecule has 1 aromatic carbocycles. The van der Waals surface area contributed by atoms with E-state index >= 15 is 0 Å². The van der Waals surface area contributed by atoms with Crippen molar-refractivity contribution >= 4 is 0 Å². The maximum Gasteiger partial charge on any atom is 0.161 e. The van der Waals surface area contributed by atoms with Crippen molar-refractivity contribution < 1.29 is 14.6 Å². The Labute approximate surface area is 127 Å². The number of fused-ring (bicyclic) bond motifs is 1. The normalized spacial score (nSPS) is 16.1. The summed E-state index contributed by atoms with van der Waals surface area (Å²) >= 11 is 0. The summed E-state index contributed by atoms with van der Waals surface area (Å²) in [6.07, 6.45) is 0.370. The van der Waals surface area contributed by atoms with Crippen molar-refractivity contribution in [3.63, 3.8) is 0 Å². The van der Waals surface area contributed by atoms with Gasteiger partial charge in [-0.15, -0.1) is 0 Å². The molecule has 2 rings (SSSR count). The Morgan fingerprint density at radius 1 is 1.10 bits per heavy atom. The minimum atomic E-state index is -0.519. The summed E-state index contributed by atoms with van der Waals surface area (Å²) in [4.78, 5) is 4.27. The van der Waals surface area contributed by atoms with Crippen LogP contribution in [0.2, 0.25) is 0 Å². The third-order valence-electron chi connectivity index (χ3n) is 3.57. The molecule has 0 radical (unpaired) electrons. The van der Waals surface area contributed by atoms with Gasteiger partial charge in [0.1, 0.15) is 0 Å². The Hall–Kier alpha value is -1.30. The highest BCUT2D eigenvalue weighted by atomic mass is 16.5. The fourth-order valence-electron chi connectivity index (χ4n) is 2.25. The monoisotopic (exact) mass is 294 g/mol. The van der Waals surface area contributed by atoms with Gasteiger partial charge in [0, 0.05) is 26.1 Å². The van der Waals surface area contributed by atoms with E-state index < -0.39 is 6.10 Å². The summed E-state index contributed by atoms with van der Waals surface area (Å²) in [5, 5.41) is 10.4. The van der Waals surface area contributed by atoms with Gasteiger partial charge in [0.05, 0.1) is 19.3 Å². The molecular weight excluding hydrogens is 268 g/mol. The van der Waals surface area contributed by atoms with Gasteiger partial charge in [-0.3, -0.25) is 0 Å². The highest BCUT2D eigenvalue weighted by Gasteiger charge is 2.16. The minimum Gasteiger partial charge on any atom is -0.490 e. The predicted octanol–water partition coefficient (Wildman–Crippen LogP) is 1.37. The van der Waals surface area contributed by atoms with Gasteiger partial charge in [0.15, 0.2) is 11.5 Å². The number of ether oxygens (including phenoxy) is 2. The Bertz CT molecular complexity index is 451. The number of hydrogen-bond donors (Lipinski definition) is 1. The minimum absolute atomic E-state index is 0.519. The second-order valence-electron chi connectivity index (χ2n) is 5.84. The van der Waals surface area contributed by atoms with E-state index in [0.717, 1.165) is 36.6 Å². The van der Waals surface area contributed by atoms with Gasteiger partial charge in [-0.1, -0.05) is 6.07 Å². The van der Waals surface area contributed by atoms with E-state index in [1.54, 1.807) is 0 Å². The molecule has 5 nitrogen and oxygen atoms in total. The zero-order valence-electron chi connectivity index (χ0n) is 13.2. The van der Waals surface area contributed by atoms with Crippen LogP contribution in [0.1, 0.15) is 18.1 Å². The molecule has 0 spiro atoms. The lowest BCUT2D eigenvalue weighted by atomic mass is 10.1. The molecule has 1 N–H and O–H groups in total. The van der Waals surface area contributed by atoms with Gasteiger partial charge >= 0.3 is 0 Å². The van der Waals surface area contributed by atoms with Crippen LogP contribution in [0, 0.1) is 0 Å². The van der Waals surface area contributed by atoms with Crippen LogP contribution in [0.5, 0.6) is 11.5 Å². The van der Waals surface area contributed by atoms with Crippen molar-refractivity contribution in [2.24, 2.45) is 0 Å². The molecular formula is C16H26N2O3. The molecule has 0 aromatic heterocycles. The molecule has 118 valence electrons. The summed E-state index contributed by atoms with van der Waals surface area (Å²) in [7, 11) is 6.12. The molecule has 0 aliphatic carbocycles. The molecule has 1 aliphatic rings. The SMILES string of the molecule is CN(C)CCN(C)CC(O)c1ccc2c(c1)OCCCO2. The van der Waals surface area contributed by atoms with Crippen LogP contribution in [-0.2, 0) is 0 Å². The topological polar surface area (TPSA) is 45.2 Å². The van der Waals surface area contributed by atoms with Crippen LogP contribution in [0.15, 0.2) is 18.2 Å². The molecule has 1 aliphatic heterocycles. The van der Waals surface area contributed by atoms with Crippen molar-refractivity contribution in [1.29, 1.82) is 0 Å². The zero-order chi connectivity index (χ0) is 15.2. The lowest BCUT2D eigenvalue weighted by Crippen LogP contribution is -2.31. The van der Waals surface area contributed by atoms with Crippen molar-refractivity contribution in [2.75, 3.05) is 54.0 Å². The number of hydrogen-bond acceptors (Lipinski definition) is 5. The Kier molecular flexibility index (Phi) is 5.85. The Morgan fingerprint density at radius 2 is 1.81 bits per heavy atom. The molecule has 21 heavy (non-hydrogen) atoms. The van der Waals surface area contributed by atoms with E-state index in [1.807, 2.05) is 39.3 Å². The first-order chi connectivity index (χ1) is 10.1. The van der Waals surface area contributed by atoms with E-state index in [-0.39, 0.29) is 0 Å². The summed E-state index contributed by atoms with van der Waals surface area (Å²) in [5.41, 5.74) is 0.871. The summed E-state index contributed by atoms with van der Waals surface area (Å²) in [6, 6.07) is 5.70. The van der Waals surface area contributed by atoms with Crippen molar-refractivity contribution in [3.8, 4) is 11.5 Å². The van der Waals surface area contributed by atoms with E-state index in [1.165, 1.54) is 0 Å². The van der Waals surface area contributed by atoms with Crippen LogP contribution in [-0.4, -0.2) is 68.9 Å². The van der Waals surface area contributed by atoms with Crippen molar-refractivity contribution in [1.82, 2.24) is 9.80 Å². The van der Waals surface area contributed by atoms with Gasteiger partial charge in [0.25, 0.3) is 0 Å². The molecule has 1 atom stereocenters. The third kappa shape index (κ3) is 4.88. The van der Waals surface area contributed by atoms with E-state index in [2.05, 4.69) is 9.80 Å². The zero-order valence-corrected chi connectivity index (χ0v) is 13.2. The summed E-state index contributed by atoms with van der Waals surface area (Å²) in [5.74, 6) is 1.50. The largest absolute Gasteiger partial charge is 0.490 e. The Balaban J connectivity index is 1.96. The molecule has 1 heterocycles. The number of aliphatic hydroxyl groups excluding tert-OH is 1. The number of benzene rings is 1. The lowest BCUT2D eigenvalue weighted by Gasteiger charge is -2.22. The molecule has 0 fully saturated rings. The average Bonchev–Trinajstić information content (AvgIpc) is 2.69. The fraction of sp³-hybridized carbons (Fsp3) is 0.625. The van der Waals surface area contributed by atoms with Crippen LogP contribution in [0.25, 0.3) is 0 Å². The molecule has 0 amide bonds. The number of aliphatic hydroxyl groups is 1. The predicted molar refractivity (Wildman–Crippen MR) is 83.1 cm³/mol. The van der Waals surface area contributed by atoms with Crippen LogP contribution in [0.4, 0.5) is 0 Å². The molecule has 0 saturated heterocycles. The maximum absolute atomic E-state index is 10.4. The lowest BCUT2D eigenvalue weighted by molar-refractivity contribution is 0.122. The van der Waals surface area contributed by atoms with Gasteiger partial charge in [-0.25, -0.2) is 0 Å². The van der Waals surface area contributed by atoms with Crippen molar-refractivity contribution in [3.05, 3.63) is 23.8 Å². The molecule has 1 unspecified atom stereocenters. The highest BCUT2D eigenvalue weighted by Crippen LogP contribution is 2.32. The smallest absolute Gasteiger partial charge is 0.161 e. The van der Waals surface area contributed by atoms with E-state index in [9.17, 15) is 5.11 Å². The molecule has 1 aromatic rings.